The molecule has 0 aliphatic heterocycles. The van der Waals surface area contributed by atoms with Crippen LogP contribution >= 0.6 is 0 Å². The lowest BCUT2D eigenvalue weighted by molar-refractivity contribution is 0.0963. The average molecular weight is 216 g/mol. The van der Waals surface area contributed by atoms with Crippen molar-refractivity contribution in [2.24, 2.45) is 0 Å². The van der Waals surface area contributed by atoms with E-state index >= 15 is 0 Å². The van der Waals surface area contributed by atoms with E-state index in [4.69, 9.17) is 4.74 Å². The van der Waals surface area contributed by atoms with Crippen LogP contribution in [0.2, 0.25) is 0 Å². The summed E-state index contributed by atoms with van der Waals surface area (Å²) in [5, 5.41) is 0. The molecule has 0 aliphatic carbocycles. The second-order valence-electron chi connectivity index (χ2n) is 5.19. The fourth-order valence-corrected chi connectivity index (χ4v) is 1.33. The number of rotatable bonds is 0. The molecule has 1 rings (SSSR count). The van der Waals surface area contributed by atoms with Crippen LogP contribution in [0.3, 0.4) is 0 Å². The molecule has 0 radical (unpaired) electrons. The number of aryl methyl sites for hydroxylation is 3. The molecule has 0 aliphatic rings. The van der Waals surface area contributed by atoms with Gasteiger partial charge in [-0.05, 0) is 70.2 Å². The second kappa shape index (κ2) is 4.61. The van der Waals surface area contributed by atoms with E-state index in [1.54, 1.807) is 0 Å². The van der Waals surface area contributed by atoms with Crippen LogP contribution in [0.1, 0.15) is 43.0 Å². The van der Waals surface area contributed by atoms with E-state index in [0.29, 0.717) is 0 Å². The molecule has 0 N–H and O–H groups in total. The first kappa shape index (κ1) is 12.6. The van der Waals surface area contributed by atoms with Gasteiger partial charge < -0.3 is 4.74 Å². The second-order valence-corrected chi connectivity index (χ2v) is 5.19. The summed E-state index contributed by atoms with van der Waals surface area (Å²) in [5.41, 5.74) is 4.62. The Labute approximate surface area is 98.8 Å². The molecular formula is C15H20O. The minimum absolute atomic E-state index is 0.208. The summed E-state index contributed by atoms with van der Waals surface area (Å²) in [6, 6.07) is 4.28. The molecule has 0 saturated heterocycles. The number of hydrogen-bond donors (Lipinski definition) is 0. The van der Waals surface area contributed by atoms with Gasteiger partial charge in [0.05, 0.1) is 0 Å². The van der Waals surface area contributed by atoms with Crippen molar-refractivity contribution in [3.63, 3.8) is 0 Å². The van der Waals surface area contributed by atoms with Gasteiger partial charge in [0.1, 0.15) is 11.7 Å². The smallest absolute Gasteiger partial charge is 0.116 e. The number of benzene rings is 1. The maximum Gasteiger partial charge on any atom is 0.116 e. The largest absolute Gasteiger partial charge is 0.441 e. The van der Waals surface area contributed by atoms with Crippen molar-refractivity contribution in [2.45, 2.75) is 47.1 Å². The van der Waals surface area contributed by atoms with E-state index in [1.807, 2.05) is 20.8 Å². The van der Waals surface area contributed by atoms with Crippen LogP contribution in [0.25, 0.3) is 0 Å². The van der Waals surface area contributed by atoms with Crippen LogP contribution in [0, 0.1) is 32.8 Å². The molecule has 1 nitrogen and oxygen atoms in total. The van der Waals surface area contributed by atoms with Crippen molar-refractivity contribution < 1.29 is 4.74 Å². The van der Waals surface area contributed by atoms with Gasteiger partial charge in [0.2, 0.25) is 0 Å². The molecule has 1 aromatic carbocycles. The highest BCUT2D eigenvalue weighted by Crippen LogP contribution is 2.14. The van der Waals surface area contributed by atoms with Gasteiger partial charge in [0.25, 0.3) is 0 Å². The summed E-state index contributed by atoms with van der Waals surface area (Å²) in [5.74, 6) is 3.07. The minimum atomic E-state index is -0.208. The molecule has 0 aromatic heterocycles. The molecular weight excluding hydrogens is 196 g/mol. The molecule has 0 unspecified atom stereocenters. The Hall–Kier alpha value is -1.42. The van der Waals surface area contributed by atoms with Gasteiger partial charge in [-0.25, -0.2) is 0 Å². The quantitative estimate of drug-likeness (QED) is 0.600. The van der Waals surface area contributed by atoms with Gasteiger partial charge in [0, 0.05) is 5.56 Å². The lowest BCUT2D eigenvalue weighted by Crippen LogP contribution is -2.15. The standard InChI is InChI=1S/C15H20O/c1-11-9-13(3)14(10-12(11)2)7-8-16-15(4,5)6/h9-10H,1-6H3. The molecule has 0 amide bonds. The lowest BCUT2D eigenvalue weighted by Gasteiger charge is -2.14. The Morgan fingerprint density at radius 2 is 1.50 bits per heavy atom. The Bertz CT molecular complexity index is 439. The van der Waals surface area contributed by atoms with Crippen molar-refractivity contribution in [3.8, 4) is 12.0 Å². The maximum absolute atomic E-state index is 5.40. The molecule has 0 bridgehead atoms. The third-order valence-corrected chi connectivity index (χ3v) is 2.38. The topological polar surface area (TPSA) is 9.23 Å². The predicted molar refractivity (Wildman–Crippen MR) is 68.4 cm³/mol. The maximum atomic E-state index is 5.40. The Morgan fingerprint density at radius 1 is 0.938 bits per heavy atom. The first-order chi connectivity index (χ1) is 7.29. The Morgan fingerprint density at radius 3 is 2.06 bits per heavy atom. The first-order valence-electron chi connectivity index (χ1n) is 5.56. The Balaban J connectivity index is 2.94. The van der Waals surface area contributed by atoms with Crippen molar-refractivity contribution in [1.82, 2.24) is 0 Å². The first-order valence-corrected chi connectivity index (χ1v) is 5.56. The van der Waals surface area contributed by atoms with E-state index in [2.05, 4.69) is 44.9 Å². The van der Waals surface area contributed by atoms with Gasteiger partial charge >= 0.3 is 0 Å². The molecule has 0 saturated carbocycles. The normalized spacial score (nSPS) is 10.6. The van der Waals surface area contributed by atoms with E-state index in [-0.39, 0.29) is 5.60 Å². The van der Waals surface area contributed by atoms with Crippen molar-refractivity contribution in [2.75, 3.05) is 0 Å². The fourth-order valence-electron chi connectivity index (χ4n) is 1.33. The highest BCUT2D eigenvalue weighted by atomic mass is 16.5. The fraction of sp³-hybridized carbons (Fsp3) is 0.467. The number of hydrogen-bond acceptors (Lipinski definition) is 1. The molecule has 1 heteroatoms. The SMILES string of the molecule is Cc1cc(C)c(C#COC(C)(C)C)cc1C. The summed E-state index contributed by atoms with van der Waals surface area (Å²) >= 11 is 0. The average Bonchev–Trinajstić information content (AvgIpc) is 2.11. The Kier molecular flexibility index (Phi) is 3.65. The van der Waals surface area contributed by atoms with E-state index in [0.717, 1.165) is 5.56 Å². The molecule has 0 atom stereocenters. The highest BCUT2D eigenvalue weighted by molar-refractivity contribution is 5.45. The van der Waals surface area contributed by atoms with Crippen LogP contribution < -0.4 is 0 Å². The van der Waals surface area contributed by atoms with Crippen molar-refractivity contribution in [1.29, 1.82) is 0 Å². The molecule has 0 spiro atoms. The van der Waals surface area contributed by atoms with E-state index in [9.17, 15) is 0 Å². The molecule has 0 fully saturated rings. The van der Waals surface area contributed by atoms with Gasteiger partial charge in [-0.15, -0.1) is 0 Å². The zero-order valence-electron chi connectivity index (χ0n) is 11.1. The van der Waals surface area contributed by atoms with Gasteiger partial charge in [-0.2, -0.15) is 0 Å². The van der Waals surface area contributed by atoms with Crippen LogP contribution in [0.4, 0.5) is 0 Å². The minimum Gasteiger partial charge on any atom is -0.441 e. The molecule has 16 heavy (non-hydrogen) atoms. The zero-order chi connectivity index (χ0) is 12.3. The van der Waals surface area contributed by atoms with Crippen LogP contribution in [-0.4, -0.2) is 5.60 Å². The monoisotopic (exact) mass is 216 g/mol. The molecule has 86 valence electrons. The third-order valence-electron chi connectivity index (χ3n) is 2.38. The van der Waals surface area contributed by atoms with Gasteiger partial charge in [-0.3, -0.25) is 0 Å². The van der Waals surface area contributed by atoms with Crippen LogP contribution in [0.5, 0.6) is 0 Å². The third kappa shape index (κ3) is 3.62. The van der Waals surface area contributed by atoms with E-state index in [1.165, 1.54) is 16.7 Å². The summed E-state index contributed by atoms with van der Waals surface area (Å²) < 4.78 is 5.40. The summed E-state index contributed by atoms with van der Waals surface area (Å²) in [6.07, 6.45) is 2.78. The van der Waals surface area contributed by atoms with Gasteiger partial charge in [0.15, 0.2) is 0 Å². The summed E-state index contributed by atoms with van der Waals surface area (Å²) in [7, 11) is 0. The molecule has 1 aromatic rings. The van der Waals surface area contributed by atoms with Crippen molar-refractivity contribution >= 4 is 0 Å². The highest BCUT2D eigenvalue weighted by Gasteiger charge is 2.08. The predicted octanol–water partition coefficient (Wildman–Crippen LogP) is 3.74. The van der Waals surface area contributed by atoms with Crippen LogP contribution in [-0.2, 0) is 4.74 Å². The zero-order valence-corrected chi connectivity index (χ0v) is 11.1. The molecule has 0 heterocycles. The lowest BCUT2D eigenvalue weighted by atomic mass is 10.0. The number of ether oxygens (including phenoxy) is 1. The van der Waals surface area contributed by atoms with Crippen molar-refractivity contribution in [3.05, 3.63) is 34.4 Å². The summed E-state index contributed by atoms with van der Waals surface area (Å²) in [6.45, 7) is 12.3. The van der Waals surface area contributed by atoms with E-state index < -0.39 is 0 Å². The van der Waals surface area contributed by atoms with Gasteiger partial charge in [-0.1, -0.05) is 6.07 Å². The van der Waals surface area contributed by atoms with Crippen LogP contribution in [0.15, 0.2) is 12.1 Å². The summed E-state index contributed by atoms with van der Waals surface area (Å²) in [4.78, 5) is 0.